The Bertz CT molecular complexity index is 1390. The molecule has 184 valence electrons. The molecule has 0 fully saturated rings. The van der Waals surface area contributed by atoms with E-state index in [2.05, 4.69) is 20.5 Å². The molecular weight excluding hydrogens is 485 g/mol. The first-order valence-corrected chi connectivity index (χ1v) is 11.2. The van der Waals surface area contributed by atoms with Gasteiger partial charge in [-0.2, -0.15) is 28.4 Å². The number of thiazole rings is 1. The standard InChI is InChI=1S/C23H21F3N4O4S/c1-34-16-4-2-13(18(8-16)23(24,25)26)7-17(12-3-5-19-14(6-12)9-28-30-19)20-21(33)29-22(35-20)27-10-15(32)11-31/h2-6,8-9,15,31-33H,7,10-11H2,1H3,(H,27,29)/t15-/m0/s1. The fourth-order valence-electron chi connectivity index (χ4n) is 3.55. The molecule has 0 unspecified atom stereocenters. The first-order chi connectivity index (χ1) is 16.7. The number of aliphatic hydroxyl groups is 2. The molecule has 12 heteroatoms. The third-order valence-corrected chi connectivity index (χ3v) is 6.37. The van der Waals surface area contributed by atoms with Gasteiger partial charge in [0.1, 0.15) is 5.75 Å². The smallest absolute Gasteiger partial charge is 0.416 e. The summed E-state index contributed by atoms with van der Waals surface area (Å²) in [6.45, 7) is -0.486. The lowest BCUT2D eigenvalue weighted by Crippen LogP contribution is -2.22. The zero-order valence-electron chi connectivity index (χ0n) is 18.4. The summed E-state index contributed by atoms with van der Waals surface area (Å²) >= 11 is 1.02. The van der Waals surface area contributed by atoms with E-state index in [1.54, 1.807) is 24.4 Å². The minimum Gasteiger partial charge on any atom is -0.497 e. The molecule has 1 aromatic heterocycles. The average Bonchev–Trinajstić information content (AvgIpc) is 3.46. The van der Waals surface area contributed by atoms with Crippen molar-refractivity contribution >= 4 is 28.3 Å². The van der Waals surface area contributed by atoms with Crippen LogP contribution >= 0.6 is 11.3 Å². The Kier molecular flexibility index (Phi) is 7.05. The minimum absolute atomic E-state index is 0.00911. The number of aromatic hydroxyl groups is 1. The summed E-state index contributed by atoms with van der Waals surface area (Å²) < 4.78 is 46.6. The Hall–Kier alpha value is -3.48. The number of anilines is 1. The second-order valence-electron chi connectivity index (χ2n) is 7.68. The second-order valence-corrected chi connectivity index (χ2v) is 8.68. The maximum Gasteiger partial charge on any atom is 0.416 e. The number of alkyl halides is 3. The molecule has 0 radical (unpaired) electrons. The monoisotopic (exact) mass is 506 g/mol. The SMILES string of the molecule is COc1ccc(CC(c2sc(NC[C@H](O)CO)nc2O)=c2ccc3c(c2)C=NN=3)c(C(F)(F)F)c1. The molecule has 0 aliphatic carbocycles. The van der Waals surface area contributed by atoms with Crippen molar-refractivity contribution in [1.82, 2.24) is 4.98 Å². The predicted octanol–water partition coefficient (Wildman–Crippen LogP) is 2.05. The fraction of sp³-hybridized carbons (Fsp3) is 0.261. The van der Waals surface area contributed by atoms with Gasteiger partial charge in [-0.3, -0.25) is 0 Å². The third kappa shape index (κ3) is 5.45. The summed E-state index contributed by atoms with van der Waals surface area (Å²) in [5.74, 6) is -0.292. The Morgan fingerprint density at radius 3 is 2.71 bits per heavy atom. The zero-order valence-corrected chi connectivity index (χ0v) is 19.2. The van der Waals surface area contributed by atoms with Crippen molar-refractivity contribution in [2.24, 2.45) is 10.2 Å². The van der Waals surface area contributed by atoms with Gasteiger partial charge in [-0.05, 0) is 40.6 Å². The molecule has 0 spiro atoms. The molecule has 2 aromatic carbocycles. The van der Waals surface area contributed by atoms with E-state index in [9.17, 15) is 23.4 Å². The van der Waals surface area contributed by atoms with Crippen molar-refractivity contribution in [1.29, 1.82) is 0 Å². The minimum atomic E-state index is -4.62. The Labute approximate surface area is 201 Å². The number of benzene rings is 2. The highest BCUT2D eigenvalue weighted by molar-refractivity contribution is 7.16. The van der Waals surface area contributed by atoms with E-state index in [0.29, 0.717) is 21.7 Å². The first-order valence-electron chi connectivity index (χ1n) is 10.4. The molecule has 3 aromatic rings. The van der Waals surface area contributed by atoms with Crippen LogP contribution in [0.1, 0.15) is 21.6 Å². The molecule has 4 N–H and O–H groups in total. The number of nitrogens with one attached hydrogen (secondary N) is 1. The highest BCUT2D eigenvalue weighted by atomic mass is 32.1. The summed E-state index contributed by atoms with van der Waals surface area (Å²) in [6, 6.07) is 8.88. The lowest BCUT2D eigenvalue weighted by molar-refractivity contribution is -0.138. The van der Waals surface area contributed by atoms with E-state index in [4.69, 9.17) is 9.84 Å². The van der Waals surface area contributed by atoms with Crippen molar-refractivity contribution in [3.8, 4) is 11.6 Å². The maximum atomic E-state index is 13.9. The van der Waals surface area contributed by atoms with Crippen LogP contribution in [0.15, 0.2) is 46.6 Å². The van der Waals surface area contributed by atoms with Crippen LogP contribution in [0.5, 0.6) is 11.6 Å². The van der Waals surface area contributed by atoms with Crippen molar-refractivity contribution in [2.45, 2.75) is 18.7 Å². The van der Waals surface area contributed by atoms with Gasteiger partial charge < -0.3 is 25.4 Å². The number of rotatable bonds is 8. The van der Waals surface area contributed by atoms with Crippen molar-refractivity contribution < 1.29 is 33.2 Å². The molecule has 0 bridgehead atoms. The number of aliphatic hydroxyl groups excluding tert-OH is 2. The largest absolute Gasteiger partial charge is 0.497 e. The Morgan fingerprint density at radius 2 is 2.00 bits per heavy atom. The van der Waals surface area contributed by atoms with E-state index in [1.807, 2.05) is 0 Å². The molecule has 0 saturated heterocycles. The first kappa shape index (κ1) is 24.6. The van der Waals surface area contributed by atoms with Crippen LogP contribution in [0.4, 0.5) is 18.3 Å². The van der Waals surface area contributed by atoms with Crippen molar-refractivity contribution in [3.05, 3.63) is 68.5 Å². The highest BCUT2D eigenvalue weighted by Crippen LogP contribution is 2.39. The molecular formula is C23H21F3N4O4S. The number of hydrogen-bond donors (Lipinski definition) is 4. The van der Waals surface area contributed by atoms with Crippen LogP contribution in [-0.2, 0) is 12.6 Å². The summed E-state index contributed by atoms with van der Waals surface area (Å²) in [5, 5.41) is 41.3. The highest BCUT2D eigenvalue weighted by Gasteiger charge is 2.34. The lowest BCUT2D eigenvalue weighted by atomic mass is 9.96. The molecule has 0 saturated carbocycles. The van der Waals surface area contributed by atoms with Gasteiger partial charge in [-0.15, -0.1) is 0 Å². The van der Waals surface area contributed by atoms with Gasteiger partial charge in [0.05, 0.1) is 41.8 Å². The molecule has 4 rings (SSSR count). The summed E-state index contributed by atoms with van der Waals surface area (Å²) in [6.07, 6.45) is -4.29. The number of methoxy groups -OCH3 is 1. The number of ether oxygens (including phenoxy) is 1. The van der Waals surface area contributed by atoms with E-state index in [0.717, 1.165) is 17.4 Å². The van der Waals surface area contributed by atoms with Gasteiger partial charge in [-0.25, -0.2) is 0 Å². The molecule has 1 aliphatic heterocycles. The summed E-state index contributed by atoms with van der Waals surface area (Å²) in [5.41, 5.74) is 0.249. The van der Waals surface area contributed by atoms with Crippen LogP contribution in [0.2, 0.25) is 0 Å². The van der Waals surface area contributed by atoms with Crippen LogP contribution in [0.25, 0.3) is 5.57 Å². The molecule has 8 nitrogen and oxygen atoms in total. The Balaban J connectivity index is 1.85. The van der Waals surface area contributed by atoms with E-state index in [1.165, 1.54) is 19.2 Å². The quantitative estimate of drug-likeness (QED) is 0.371. The fourth-order valence-corrected chi connectivity index (χ4v) is 4.48. The molecule has 35 heavy (non-hydrogen) atoms. The Morgan fingerprint density at radius 1 is 1.20 bits per heavy atom. The van der Waals surface area contributed by atoms with Crippen LogP contribution in [-0.4, -0.2) is 52.9 Å². The number of fused-ring (bicyclic) bond motifs is 1. The third-order valence-electron chi connectivity index (χ3n) is 5.31. The number of halogens is 3. The average molecular weight is 507 g/mol. The maximum absolute atomic E-state index is 13.9. The topological polar surface area (TPSA) is 120 Å². The van der Waals surface area contributed by atoms with Crippen molar-refractivity contribution in [2.75, 3.05) is 25.6 Å². The van der Waals surface area contributed by atoms with E-state index < -0.39 is 24.5 Å². The van der Waals surface area contributed by atoms with Crippen LogP contribution in [0.3, 0.4) is 0 Å². The predicted molar refractivity (Wildman–Crippen MR) is 124 cm³/mol. The van der Waals surface area contributed by atoms with E-state index >= 15 is 0 Å². The number of nitrogens with zero attached hydrogens (tertiary/aromatic N) is 3. The molecule has 1 atom stereocenters. The van der Waals surface area contributed by atoms with Gasteiger partial charge in [0, 0.05) is 18.5 Å². The molecule has 2 heterocycles. The normalized spacial score (nSPS) is 14.3. The number of hydrogen-bond acceptors (Lipinski definition) is 9. The van der Waals surface area contributed by atoms with Gasteiger partial charge in [-0.1, -0.05) is 23.5 Å². The summed E-state index contributed by atoms with van der Waals surface area (Å²) in [7, 11) is 1.29. The van der Waals surface area contributed by atoms with Gasteiger partial charge >= 0.3 is 6.18 Å². The number of aromatic nitrogens is 1. The lowest BCUT2D eigenvalue weighted by Gasteiger charge is -2.15. The van der Waals surface area contributed by atoms with Gasteiger partial charge in [0.25, 0.3) is 0 Å². The summed E-state index contributed by atoms with van der Waals surface area (Å²) in [4.78, 5) is 4.30. The second kappa shape index (κ2) is 10.0. The van der Waals surface area contributed by atoms with Crippen molar-refractivity contribution in [3.63, 3.8) is 0 Å². The van der Waals surface area contributed by atoms with Crippen LogP contribution < -0.4 is 20.6 Å². The van der Waals surface area contributed by atoms with Gasteiger partial charge in [0.2, 0.25) is 5.88 Å². The molecule has 0 amide bonds. The van der Waals surface area contributed by atoms with Gasteiger partial charge in [0.15, 0.2) is 5.13 Å². The zero-order chi connectivity index (χ0) is 25.2. The van der Waals surface area contributed by atoms with Crippen LogP contribution in [0, 0.1) is 0 Å². The van der Waals surface area contributed by atoms with E-state index in [-0.39, 0.29) is 40.2 Å². The molecule has 1 aliphatic rings.